The van der Waals surface area contributed by atoms with E-state index in [2.05, 4.69) is 16.5 Å². The number of sulfone groups is 1. The van der Waals surface area contributed by atoms with Crippen LogP contribution < -0.4 is 0 Å². The van der Waals surface area contributed by atoms with Crippen molar-refractivity contribution in [1.82, 2.24) is 10.2 Å². The highest BCUT2D eigenvalue weighted by atomic mass is 32.2. The molecule has 1 radical (unpaired) electrons. The van der Waals surface area contributed by atoms with Gasteiger partial charge >= 0.3 is 0 Å². The van der Waals surface area contributed by atoms with Crippen LogP contribution in [0, 0.1) is 6.26 Å². The Balaban J connectivity index is 2.38. The number of fused-ring (bicyclic) bond motifs is 1. The molecule has 0 saturated carbocycles. The number of aryl methyl sites for hydroxylation is 1. The van der Waals surface area contributed by atoms with Gasteiger partial charge in [-0.2, -0.15) is 10.2 Å². The standard InChI is InChI=1S/C11H11N2O2S/c1-16(14,15)7-6-11-10-5-3-2-4-9(10)8-12-13-11/h2-5,8H,1,6-7H2. The summed E-state index contributed by atoms with van der Waals surface area (Å²) in [6, 6.07) is 7.64. The van der Waals surface area contributed by atoms with Crippen LogP contribution in [0.2, 0.25) is 0 Å². The fourth-order valence-corrected chi connectivity index (χ4v) is 2.03. The van der Waals surface area contributed by atoms with Crippen LogP contribution in [0.5, 0.6) is 0 Å². The second-order valence-corrected chi connectivity index (χ2v) is 5.47. The highest BCUT2D eigenvalue weighted by Crippen LogP contribution is 2.15. The Bertz CT molecular complexity index is 603. The molecule has 0 amide bonds. The average Bonchev–Trinajstić information content (AvgIpc) is 2.25. The summed E-state index contributed by atoms with van der Waals surface area (Å²) in [5, 5.41) is 9.73. The lowest BCUT2D eigenvalue weighted by Gasteiger charge is -2.03. The van der Waals surface area contributed by atoms with E-state index in [-0.39, 0.29) is 5.75 Å². The van der Waals surface area contributed by atoms with Gasteiger partial charge in [0.25, 0.3) is 0 Å². The Kier molecular flexibility index (Phi) is 2.87. The van der Waals surface area contributed by atoms with Crippen LogP contribution in [0.15, 0.2) is 30.5 Å². The topological polar surface area (TPSA) is 59.9 Å². The summed E-state index contributed by atoms with van der Waals surface area (Å²) in [4.78, 5) is 0. The number of aromatic nitrogens is 2. The minimum Gasteiger partial charge on any atom is -0.229 e. The molecule has 0 fully saturated rings. The normalized spacial score (nSPS) is 11.8. The summed E-state index contributed by atoms with van der Waals surface area (Å²) in [6.07, 6.45) is 5.10. The lowest BCUT2D eigenvalue weighted by molar-refractivity contribution is 0.603. The van der Waals surface area contributed by atoms with Crippen LogP contribution in [-0.4, -0.2) is 24.4 Å². The zero-order valence-corrected chi connectivity index (χ0v) is 9.44. The van der Waals surface area contributed by atoms with Crippen LogP contribution >= 0.6 is 0 Å². The van der Waals surface area contributed by atoms with Gasteiger partial charge in [0.15, 0.2) is 9.84 Å². The van der Waals surface area contributed by atoms with Crippen molar-refractivity contribution >= 4 is 20.6 Å². The first-order valence-corrected chi connectivity index (χ1v) is 6.63. The Morgan fingerprint density at radius 2 is 2.00 bits per heavy atom. The lowest BCUT2D eigenvalue weighted by Crippen LogP contribution is -2.06. The third-order valence-corrected chi connectivity index (χ3v) is 3.12. The SMILES string of the molecule is [CH2]S(=O)(=O)CCc1nncc2ccccc12. The van der Waals surface area contributed by atoms with Gasteiger partial charge in [-0.25, -0.2) is 8.42 Å². The van der Waals surface area contributed by atoms with Crippen LogP contribution in [0.3, 0.4) is 0 Å². The molecule has 1 heterocycles. The van der Waals surface area contributed by atoms with Crippen LogP contribution in [0.25, 0.3) is 10.8 Å². The van der Waals surface area contributed by atoms with Gasteiger partial charge < -0.3 is 0 Å². The first-order chi connectivity index (χ1) is 7.56. The molecule has 0 aliphatic rings. The largest absolute Gasteiger partial charge is 0.229 e. The van der Waals surface area contributed by atoms with Crippen molar-refractivity contribution in [2.75, 3.05) is 5.75 Å². The van der Waals surface area contributed by atoms with Crippen molar-refractivity contribution < 1.29 is 8.42 Å². The van der Waals surface area contributed by atoms with Gasteiger partial charge in [-0.1, -0.05) is 24.3 Å². The van der Waals surface area contributed by atoms with Gasteiger partial charge in [0.05, 0.1) is 23.9 Å². The first-order valence-electron chi connectivity index (χ1n) is 4.81. The van der Waals surface area contributed by atoms with E-state index in [0.29, 0.717) is 12.1 Å². The number of rotatable bonds is 3. The van der Waals surface area contributed by atoms with Crippen molar-refractivity contribution in [2.24, 2.45) is 0 Å². The van der Waals surface area contributed by atoms with Crippen molar-refractivity contribution in [2.45, 2.75) is 6.42 Å². The molecule has 1 aromatic carbocycles. The van der Waals surface area contributed by atoms with Gasteiger partial charge in [0.2, 0.25) is 0 Å². The smallest absolute Gasteiger partial charge is 0.151 e. The summed E-state index contributed by atoms with van der Waals surface area (Å²) < 4.78 is 22.0. The molecule has 83 valence electrons. The monoisotopic (exact) mass is 235 g/mol. The highest BCUT2D eigenvalue weighted by molar-refractivity contribution is 7.92. The first kappa shape index (κ1) is 11.0. The van der Waals surface area contributed by atoms with Crippen LogP contribution in [0.4, 0.5) is 0 Å². The fraction of sp³-hybridized carbons (Fsp3) is 0.182. The highest BCUT2D eigenvalue weighted by Gasteiger charge is 2.07. The minimum atomic E-state index is -3.21. The fourth-order valence-electron chi connectivity index (χ4n) is 1.52. The molecule has 2 rings (SSSR count). The van der Waals surface area contributed by atoms with Crippen molar-refractivity contribution in [3.63, 3.8) is 0 Å². The molecule has 1 aromatic heterocycles. The summed E-state index contributed by atoms with van der Waals surface area (Å²) >= 11 is 0. The molecule has 4 nitrogen and oxygen atoms in total. The quantitative estimate of drug-likeness (QED) is 0.806. The average molecular weight is 235 g/mol. The second-order valence-electron chi connectivity index (χ2n) is 3.58. The van der Waals surface area contributed by atoms with Gasteiger partial charge in [-0.05, 0) is 0 Å². The van der Waals surface area contributed by atoms with E-state index in [9.17, 15) is 8.42 Å². The summed E-state index contributed by atoms with van der Waals surface area (Å²) in [5.74, 6) is -0.00428. The van der Waals surface area contributed by atoms with Gasteiger partial charge in [0, 0.05) is 17.2 Å². The third kappa shape index (κ3) is 2.55. The van der Waals surface area contributed by atoms with E-state index in [4.69, 9.17) is 0 Å². The lowest BCUT2D eigenvalue weighted by atomic mass is 10.1. The van der Waals surface area contributed by atoms with Gasteiger partial charge in [-0.15, -0.1) is 0 Å². The number of benzene rings is 1. The van der Waals surface area contributed by atoms with Crippen LogP contribution in [0.1, 0.15) is 5.69 Å². The predicted octanol–water partition coefficient (Wildman–Crippen LogP) is 1.38. The maximum absolute atomic E-state index is 11.0. The molecule has 0 aliphatic heterocycles. The van der Waals surface area contributed by atoms with Gasteiger partial charge in [0.1, 0.15) is 0 Å². The number of hydrogen-bond acceptors (Lipinski definition) is 4. The molecule has 16 heavy (non-hydrogen) atoms. The van der Waals surface area contributed by atoms with E-state index in [1.54, 1.807) is 6.20 Å². The molecule has 0 unspecified atom stereocenters. The van der Waals surface area contributed by atoms with Crippen LogP contribution in [-0.2, 0) is 16.3 Å². The predicted molar refractivity (Wildman–Crippen MR) is 62.4 cm³/mol. The Hall–Kier alpha value is -1.49. The summed E-state index contributed by atoms with van der Waals surface area (Å²) in [6.45, 7) is 0. The van der Waals surface area contributed by atoms with Crippen molar-refractivity contribution in [3.8, 4) is 0 Å². The zero-order chi connectivity index (χ0) is 11.6. The molecule has 2 aromatic rings. The molecular weight excluding hydrogens is 224 g/mol. The second kappa shape index (κ2) is 4.17. The molecule has 0 aliphatic carbocycles. The van der Waals surface area contributed by atoms with E-state index in [1.165, 1.54) is 0 Å². The van der Waals surface area contributed by atoms with E-state index in [0.717, 1.165) is 10.8 Å². The summed E-state index contributed by atoms with van der Waals surface area (Å²) in [5.41, 5.74) is 0.699. The number of hydrogen-bond donors (Lipinski definition) is 0. The maximum atomic E-state index is 11.0. The van der Waals surface area contributed by atoms with Crippen molar-refractivity contribution in [3.05, 3.63) is 42.4 Å². The summed E-state index contributed by atoms with van der Waals surface area (Å²) in [7, 11) is -3.21. The van der Waals surface area contributed by atoms with Crippen molar-refractivity contribution in [1.29, 1.82) is 0 Å². The van der Waals surface area contributed by atoms with E-state index in [1.807, 2.05) is 24.3 Å². The minimum absolute atomic E-state index is 0.00428. The Morgan fingerprint density at radius 3 is 2.75 bits per heavy atom. The Morgan fingerprint density at radius 1 is 1.25 bits per heavy atom. The zero-order valence-electron chi connectivity index (χ0n) is 8.63. The molecule has 0 bridgehead atoms. The maximum Gasteiger partial charge on any atom is 0.151 e. The third-order valence-electron chi connectivity index (χ3n) is 2.30. The Labute approximate surface area is 94.2 Å². The molecule has 0 saturated heterocycles. The number of nitrogens with zero attached hydrogens (tertiary/aromatic N) is 2. The van der Waals surface area contributed by atoms with E-state index < -0.39 is 9.84 Å². The van der Waals surface area contributed by atoms with E-state index >= 15 is 0 Å². The molecular formula is C11H11N2O2S. The molecule has 0 atom stereocenters. The molecule has 0 spiro atoms. The van der Waals surface area contributed by atoms with Gasteiger partial charge in [-0.3, -0.25) is 0 Å². The molecule has 0 N–H and O–H groups in total. The molecule has 5 heteroatoms.